The van der Waals surface area contributed by atoms with Gasteiger partial charge in [0.05, 0.1) is 23.9 Å². The maximum Gasteiger partial charge on any atom is 0.293 e. The molecule has 2 N–H and O–H groups in total. The zero-order valence-corrected chi connectivity index (χ0v) is 14.1. The largest absolute Gasteiger partial charge is 0.497 e. The first-order valence-corrected chi connectivity index (χ1v) is 7.11. The molecule has 0 bridgehead atoms. The van der Waals surface area contributed by atoms with Gasteiger partial charge in [-0.3, -0.25) is 10.2 Å². The van der Waals surface area contributed by atoms with Crippen LogP contribution in [0.25, 0.3) is 11.0 Å². The summed E-state index contributed by atoms with van der Waals surface area (Å²) in [5, 5.41) is 4.23. The summed E-state index contributed by atoms with van der Waals surface area (Å²) in [5.74, 6) is 0.943. The van der Waals surface area contributed by atoms with Crippen molar-refractivity contribution < 1.29 is 4.74 Å². The van der Waals surface area contributed by atoms with Crippen molar-refractivity contribution in [3.05, 3.63) is 64.4 Å². The molecular formula is C17H17ClN4O2. The minimum absolute atomic E-state index is 0. The van der Waals surface area contributed by atoms with Gasteiger partial charge in [-0.2, -0.15) is 5.10 Å². The number of ether oxygens (including phenoxy) is 1. The summed E-state index contributed by atoms with van der Waals surface area (Å²) in [7, 11) is 1.62. The van der Waals surface area contributed by atoms with Crippen molar-refractivity contribution in [1.82, 2.24) is 9.97 Å². The van der Waals surface area contributed by atoms with Crippen LogP contribution in [0.3, 0.4) is 0 Å². The van der Waals surface area contributed by atoms with Crippen LogP contribution in [-0.2, 0) is 0 Å². The molecule has 0 radical (unpaired) electrons. The first-order chi connectivity index (χ1) is 11.2. The molecule has 3 aromatic rings. The molecule has 0 aliphatic heterocycles. The third-order valence-corrected chi connectivity index (χ3v) is 3.44. The number of aromatic nitrogens is 2. The number of rotatable bonds is 4. The monoisotopic (exact) mass is 344 g/mol. The first kappa shape index (κ1) is 17.5. The molecule has 0 aliphatic rings. The number of fused-ring (bicyclic) bond motifs is 1. The van der Waals surface area contributed by atoms with Crippen LogP contribution in [0.5, 0.6) is 5.75 Å². The summed E-state index contributed by atoms with van der Waals surface area (Å²) in [6, 6.07) is 14.9. The van der Waals surface area contributed by atoms with Gasteiger partial charge in [0.25, 0.3) is 5.56 Å². The Balaban J connectivity index is 0.00000208. The average Bonchev–Trinajstić information content (AvgIpc) is 2.59. The van der Waals surface area contributed by atoms with E-state index in [1.54, 1.807) is 13.2 Å². The predicted octanol–water partition coefficient (Wildman–Crippen LogP) is 3.19. The summed E-state index contributed by atoms with van der Waals surface area (Å²) < 4.78 is 5.12. The van der Waals surface area contributed by atoms with E-state index >= 15 is 0 Å². The second kappa shape index (κ2) is 7.61. The number of methoxy groups -OCH3 is 1. The number of para-hydroxylation sites is 2. The zero-order chi connectivity index (χ0) is 16.2. The minimum atomic E-state index is -0.310. The van der Waals surface area contributed by atoms with Crippen LogP contribution in [0.4, 0.5) is 5.82 Å². The maximum atomic E-state index is 12.0. The summed E-state index contributed by atoms with van der Waals surface area (Å²) in [6.07, 6.45) is 0. The van der Waals surface area contributed by atoms with Crippen molar-refractivity contribution in [2.75, 3.05) is 12.5 Å². The van der Waals surface area contributed by atoms with Crippen LogP contribution in [0.2, 0.25) is 0 Å². The molecule has 1 heterocycles. The van der Waals surface area contributed by atoms with Gasteiger partial charge < -0.3 is 9.72 Å². The van der Waals surface area contributed by atoms with E-state index in [-0.39, 0.29) is 23.8 Å². The topological polar surface area (TPSA) is 79.4 Å². The highest BCUT2D eigenvalue weighted by Crippen LogP contribution is 2.12. The number of halogens is 1. The van der Waals surface area contributed by atoms with Gasteiger partial charge in [-0.1, -0.05) is 12.1 Å². The fourth-order valence-electron chi connectivity index (χ4n) is 2.14. The predicted molar refractivity (Wildman–Crippen MR) is 98.4 cm³/mol. The average molecular weight is 345 g/mol. The second-order valence-electron chi connectivity index (χ2n) is 4.97. The Kier molecular flexibility index (Phi) is 5.55. The molecule has 0 saturated heterocycles. The van der Waals surface area contributed by atoms with Gasteiger partial charge in [0.2, 0.25) is 5.82 Å². The van der Waals surface area contributed by atoms with Crippen molar-refractivity contribution in [3.63, 3.8) is 0 Å². The zero-order valence-electron chi connectivity index (χ0n) is 13.2. The Morgan fingerprint density at radius 1 is 1.17 bits per heavy atom. The van der Waals surface area contributed by atoms with Gasteiger partial charge in [0.15, 0.2) is 0 Å². The van der Waals surface area contributed by atoms with Gasteiger partial charge in [0, 0.05) is 0 Å². The van der Waals surface area contributed by atoms with Crippen LogP contribution < -0.4 is 15.7 Å². The fourth-order valence-corrected chi connectivity index (χ4v) is 2.14. The Morgan fingerprint density at radius 2 is 1.88 bits per heavy atom. The molecule has 0 spiro atoms. The standard InChI is InChI=1S/C17H16N4O2.ClH/c1-11(12-7-9-13(23-2)10-8-12)20-21-16-17(22)19-15-6-4-3-5-14(15)18-16;/h3-10H,1-2H3,(H,18,21)(H,19,22);1H/b20-11+;. The second-order valence-corrected chi connectivity index (χ2v) is 4.97. The quantitative estimate of drug-likeness (QED) is 0.562. The molecule has 0 unspecified atom stereocenters. The van der Waals surface area contributed by atoms with E-state index in [2.05, 4.69) is 20.5 Å². The molecule has 0 saturated carbocycles. The number of aromatic amines is 1. The Morgan fingerprint density at radius 3 is 2.58 bits per heavy atom. The van der Waals surface area contributed by atoms with E-state index in [1.807, 2.05) is 49.4 Å². The summed E-state index contributed by atoms with van der Waals surface area (Å²) in [5.41, 5.74) is 5.48. The molecule has 3 rings (SSSR count). The highest BCUT2D eigenvalue weighted by atomic mass is 35.5. The van der Waals surface area contributed by atoms with Gasteiger partial charge in [-0.05, 0) is 48.9 Å². The lowest BCUT2D eigenvalue weighted by atomic mass is 10.1. The van der Waals surface area contributed by atoms with E-state index in [0.29, 0.717) is 11.0 Å². The lowest BCUT2D eigenvalue weighted by Crippen LogP contribution is -2.14. The third kappa shape index (κ3) is 3.72. The van der Waals surface area contributed by atoms with Gasteiger partial charge >= 0.3 is 0 Å². The number of hydrazone groups is 1. The van der Waals surface area contributed by atoms with E-state index in [0.717, 1.165) is 17.0 Å². The minimum Gasteiger partial charge on any atom is -0.497 e. The number of nitrogens with one attached hydrogen (secondary N) is 2. The van der Waals surface area contributed by atoms with Crippen LogP contribution in [0.1, 0.15) is 12.5 Å². The van der Waals surface area contributed by atoms with Crippen LogP contribution >= 0.6 is 12.4 Å². The van der Waals surface area contributed by atoms with Crippen LogP contribution in [0.15, 0.2) is 58.4 Å². The lowest BCUT2D eigenvalue weighted by Gasteiger charge is -2.05. The number of hydrogen-bond acceptors (Lipinski definition) is 5. The highest BCUT2D eigenvalue weighted by molar-refractivity contribution is 5.99. The molecule has 6 nitrogen and oxygen atoms in total. The first-order valence-electron chi connectivity index (χ1n) is 7.11. The molecule has 2 aromatic carbocycles. The molecule has 124 valence electrons. The molecular weight excluding hydrogens is 328 g/mol. The number of nitrogens with zero attached hydrogens (tertiary/aromatic N) is 2. The van der Waals surface area contributed by atoms with E-state index < -0.39 is 0 Å². The van der Waals surface area contributed by atoms with E-state index in [4.69, 9.17) is 4.74 Å². The summed E-state index contributed by atoms with van der Waals surface area (Å²) >= 11 is 0. The number of hydrogen-bond donors (Lipinski definition) is 2. The number of H-pyrrole nitrogens is 1. The molecule has 0 amide bonds. The molecule has 0 atom stereocenters. The smallest absolute Gasteiger partial charge is 0.293 e. The van der Waals surface area contributed by atoms with Crippen molar-refractivity contribution >= 4 is 35.0 Å². The van der Waals surface area contributed by atoms with Gasteiger partial charge in [-0.25, -0.2) is 4.98 Å². The molecule has 24 heavy (non-hydrogen) atoms. The van der Waals surface area contributed by atoms with Crippen molar-refractivity contribution in [2.24, 2.45) is 5.10 Å². The summed E-state index contributed by atoms with van der Waals surface area (Å²) in [6.45, 7) is 1.85. The van der Waals surface area contributed by atoms with Crippen LogP contribution in [0, 0.1) is 0 Å². The molecule has 7 heteroatoms. The van der Waals surface area contributed by atoms with Gasteiger partial charge in [-0.15, -0.1) is 12.4 Å². The Hall–Kier alpha value is -2.86. The lowest BCUT2D eigenvalue weighted by molar-refractivity contribution is 0.415. The fraction of sp³-hybridized carbons (Fsp3) is 0.118. The SMILES string of the molecule is COc1ccc(/C(C)=N/Nc2nc3ccccc3[nH]c2=O)cc1.Cl. The molecule has 0 fully saturated rings. The number of anilines is 1. The Labute approximate surface area is 145 Å². The highest BCUT2D eigenvalue weighted by Gasteiger charge is 2.04. The third-order valence-electron chi connectivity index (χ3n) is 3.44. The Bertz CT molecular complexity index is 920. The number of benzene rings is 2. The van der Waals surface area contributed by atoms with Crippen molar-refractivity contribution in [3.8, 4) is 5.75 Å². The van der Waals surface area contributed by atoms with Crippen molar-refractivity contribution in [2.45, 2.75) is 6.92 Å². The molecule has 1 aromatic heterocycles. The summed E-state index contributed by atoms with van der Waals surface area (Å²) in [4.78, 5) is 19.1. The van der Waals surface area contributed by atoms with Crippen molar-refractivity contribution in [1.29, 1.82) is 0 Å². The molecule has 0 aliphatic carbocycles. The van der Waals surface area contributed by atoms with Crippen LogP contribution in [-0.4, -0.2) is 22.8 Å². The maximum absolute atomic E-state index is 12.0. The van der Waals surface area contributed by atoms with E-state index in [9.17, 15) is 4.79 Å². The van der Waals surface area contributed by atoms with Gasteiger partial charge in [0.1, 0.15) is 5.75 Å². The normalized spacial score (nSPS) is 11.0. The van der Waals surface area contributed by atoms with E-state index in [1.165, 1.54) is 0 Å².